The van der Waals surface area contributed by atoms with Crippen molar-refractivity contribution >= 4 is 29.5 Å². The van der Waals surface area contributed by atoms with E-state index in [0.29, 0.717) is 18.5 Å². The highest BCUT2D eigenvalue weighted by Gasteiger charge is 2.66. The molecule has 0 bridgehead atoms. The van der Waals surface area contributed by atoms with E-state index in [1.165, 1.54) is 11.8 Å². The first-order chi connectivity index (χ1) is 15.3. The van der Waals surface area contributed by atoms with Gasteiger partial charge in [-0.15, -0.1) is 0 Å². The number of carbonyl (C=O) groups is 3. The predicted molar refractivity (Wildman–Crippen MR) is 123 cm³/mol. The number of para-hydroxylation sites is 1. The number of carbonyl (C=O) groups excluding carboxylic acids is 2. The number of aryl methyl sites for hydroxylation is 2. The van der Waals surface area contributed by atoms with Gasteiger partial charge >= 0.3 is 5.97 Å². The number of aliphatic carboxylic acids is 1. The SMILES string of the molecule is CCc1cccc(CC)c1N1C(=O)C2C(C=Cc3ccccc3)NC(C)(C(=O)O)C2C1=O. The molecule has 0 radical (unpaired) electrons. The van der Waals surface area contributed by atoms with Crippen LogP contribution in [0.15, 0.2) is 54.6 Å². The lowest BCUT2D eigenvalue weighted by Crippen LogP contribution is -2.54. The van der Waals surface area contributed by atoms with Crippen LogP contribution in [0.4, 0.5) is 5.69 Å². The summed E-state index contributed by atoms with van der Waals surface area (Å²) in [6, 6.07) is 14.8. The van der Waals surface area contributed by atoms with Crippen molar-refractivity contribution in [1.82, 2.24) is 5.32 Å². The molecule has 4 rings (SSSR count). The number of benzene rings is 2. The second kappa shape index (κ2) is 8.36. The second-order valence-electron chi connectivity index (χ2n) is 8.59. The number of amides is 2. The highest BCUT2D eigenvalue weighted by atomic mass is 16.4. The summed E-state index contributed by atoms with van der Waals surface area (Å²) in [5.74, 6) is -3.67. The third-order valence-corrected chi connectivity index (χ3v) is 6.75. The van der Waals surface area contributed by atoms with Crippen LogP contribution < -0.4 is 10.2 Å². The third-order valence-electron chi connectivity index (χ3n) is 6.75. The van der Waals surface area contributed by atoms with Gasteiger partial charge in [0, 0.05) is 6.04 Å². The molecule has 2 heterocycles. The van der Waals surface area contributed by atoms with E-state index in [1.54, 1.807) is 0 Å². The zero-order valence-corrected chi connectivity index (χ0v) is 18.5. The standard InChI is InChI=1S/C26H28N2O4/c1-4-17-12-9-13-18(5-2)22(17)28-23(29)20-19(15-14-16-10-7-6-8-11-16)27-26(3,25(31)32)21(20)24(28)30/h6-15,19-21,27H,4-5H2,1-3H3,(H,31,32). The molecule has 0 aromatic heterocycles. The van der Waals surface area contributed by atoms with Gasteiger partial charge in [-0.05, 0) is 36.5 Å². The maximum atomic E-state index is 13.7. The predicted octanol–water partition coefficient (Wildman–Crippen LogP) is 3.45. The van der Waals surface area contributed by atoms with Crippen molar-refractivity contribution in [3.8, 4) is 0 Å². The Bertz CT molecular complexity index is 1070. The second-order valence-corrected chi connectivity index (χ2v) is 8.59. The summed E-state index contributed by atoms with van der Waals surface area (Å²) in [5.41, 5.74) is 1.85. The van der Waals surface area contributed by atoms with E-state index < -0.39 is 35.3 Å². The van der Waals surface area contributed by atoms with Crippen LogP contribution in [0, 0.1) is 11.8 Å². The van der Waals surface area contributed by atoms with Crippen LogP contribution in [-0.2, 0) is 27.2 Å². The number of rotatable bonds is 6. The van der Waals surface area contributed by atoms with Crippen molar-refractivity contribution < 1.29 is 19.5 Å². The molecule has 32 heavy (non-hydrogen) atoms. The van der Waals surface area contributed by atoms with Crippen LogP contribution in [0.3, 0.4) is 0 Å². The first-order valence-corrected chi connectivity index (χ1v) is 11.1. The minimum atomic E-state index is -1.54. The molecule has 0 saturated carbocycles. The summed E-state index contributed by atoms with van der Waals surface area (Å²) >= 11 is 0. The van der Waals surface area contributed by atoms with Crippen molar-refractivity contribution in [2.45, 2.75) is 45.2 Å². The van der Waals surface area contributed by atoms with Gasteiger partial charge in [-0.2, -0.15) is 0 Å². The van der Waals surface area contributed by atoms with Crippen LogP contribution in [0.5, 0.6) is 0 Å². The fourth-order valence-electron chi connectivity index (χ4n) is 5.05. The average Bonchev–Trinajstić information content (AvgIpc) is 3.25. The molecule has 0 spiro atoms. The molecule has 0 aliphatic carbocycles. The zero-order valence-electron chi connectivity index (χ0n) is 18.5. The van der Waals surface area contributed by atoms with Crippen LogP contribution in [0.2, 0.25) is 0 Å². The highest BCUT2D eigenvalue weighted by molar-refractivity contribution is 6.25. The smallest absolute Gasteiger partial charge is 0.324 e. The van der Waals surface area contributed by atoms with Crippen molar-refractivity contribution in [3.05, 3.63) is 71.3 Å². The lowest BCUT2D eigenvalue weighted by molar-refractivity contribution is -0.147. The topological polar surface area (TPSA) is 86.7 Å². The van der Waals surface area contributed by atoms with Gasteiger partial charge in [0.1, 0.15) is 5.54 Å². The van der Waals surface area contributed by atoms with E-state index in [1.807, 2.05) is 74.5 Å². The minimum Gasteiger partial charge on any atom is -0.480 e. The normalized spacial score (nSPS) is 27.3. The average molecular weight is 433 g/mol. The molecule has 2 aliphatic heterocycles. The Labute approximate surface area is 187 Å². The molecule has 4 unspecified atom stereocenters. The molecule has 4 atom stereocenters. The summed E-state index contributed by atoms with van der Waals surface area (Å²) in [6.07, 6.45) is 5.01. The van der Waals surface area contributed by atoms with E-state index in [-0.39, 0.29) is 5.91 Å². The summed E-state index contributed by atoms with van der Waals surface area (Å²) in [6.45, 7) is 5.47. The monoisotopic (exact) mass is 432 g/mol. The molecular weight excluding hydrogens is 404 g/mol. The fourth-order valence-corrected chi connectivity index (χ4v) is 5.05. The number of nitrogens with zero attached hydrogens (tertiary/aromatic N) is 1. The molecule has 2 amide bonds. The molecule has 2 saturated heterocycles. The number of anilines is 1. The lowest BCUT2D eigenvalue weighted by Gasteiger charge is -2.28. The van der Waals surface area contributed by atoms with E-state index in [4.69, 9.17) is 0 Å². The van der Waals surface area contributed by atoms with Gasteiger partial charge in [0.15, 0.2) is 0 Å². The van der Waals surface area contributed by atoms with Gasteiger partial charge in [-0.25, -0.2) is 4.90 Å². The first kappa shape index (κ1) is 22.0. The summed E-state index contributed by atoms with van der Waals surface area (Å²) in [7, 11) is 0. The Balaban J connectivity index is 1.80. The van der Waals surface area contributed by atoms with Crippen molar-refractivity contribution in [3.63, 3.8) is 0 Å². The summed E-state index contributed by atoms with van der Waals surface area (Å²) < 4.78 is 0. The fraction of sp³-hybridized carbons (Fsp3) is 0.346. The van der Waals surface area contributed by atoms with Crippen molar-refractivity contribution in [2.24, 2.45) is 11.8 Å². The van der Waals surface area contributed by atoms with Crippen LogP contribution in [0.1, 0.15) is 37.5 Å². The van der Waals surface area contributed by atoms with Crippen molar-refractivity contribution in [2.75, 3.05) is 4.90 Å². The number of hydrogen-bond acceptors (Lipinski definition) is 4. The van der Waals surface area contributed by atoms with Gasteiger partial charge in [-0.3, -0.25) is 19.7 Å². The van der Waals surface area contributed by atoms with Crippen molar-refractivity contribution in [1.29, 1.82) is 0 Å². The Hall–Kier alpha value is -3.25. The molecule has 2 aromatic carbocycles. The number of carboxylic acid groups (broad SMARTS) is 1. The maximum absolute atomic E-state index is 13.7. The van der Waals surface area contributed by atoms with Gasteiger partial charge in [-0.1, -0.05) is 74.5 Å². The van der Waals surface area contributed by atoms with Gasteiger partial charge in [0.25, 0.3) is 0 Å². The Morgan fingerprint density at radius 2 is 1.66 bits per heavy atom. The minimum absolute atomic E-state index is 0.337. The maximum Gasteiger partial charge on any atom is 0.324 e. The van der Waals surface area contributed by atoms with Crippen LogP contribution in [0.25, 0.3) is 6.08 Å². The number of hydrogen-bond donors (Lipinski definition) is 2. The summed E-state index contributed by atoms with van der Waals surface area (Å²) in [5, 5.41) is 13.1. The third kappa shape index (κ3) is 3.35. The van der Waals surface area contributed by atoms with Gasteiger partial charge in [0.2, 0.25) is 11.8 Å². The van der Waals surface area contributed by atoms with E-state index in [2.05, 4.69) is 5.32 Å². The quantitative estimate of drug-likeness (QED) is 0.683. The molecule has 6 nitrogen and oxygen atoms in total. The molecule has 2 aliphatic rings. The highest BCUT2D eigenvalue weighted by Crippen LogP contribution is 2.46. The number of fused-ring (bicyclic) bond motifs is 1. The molecular formula is C26H28N2O4. The number of nitrogens with one attached hydrogen (secondary N) is 1. The number of imide groups is 1. The Kier molecular flexibility index (Phi) is 5.73. The molecule has 166 valence electrons. The Morgan fingerprint density at radius 3 is 2.22 bits per heavy atom. The van der Waals surface area contributed by atoms with Gasteiger partial charge < -0.3 is 5.11 Å². The van der Waals surface area contributed by atoms with Crippen LogP contribution in [-0.4, -0.2) is 34.5 Å². The van der Waals surface area contributed by atoms with Gasteiger partial charge in [0.05, 0.1) is 17.5 Å². The largest absolute Gasteiger partial charge is 0.480 e. The van der Waals surface area contributed by atoms with E-state index in [0.717, 1.165) is 16.7 Å². The number of carboxylic acids is 1. The molecule has 2 fully saturated rings. The van der Waals surface area contributed by atoms with E-state index in [9.17, 15) is 19.5 Å². The molecule has 2 aromatic rings. The zero-order chi connectivity index (χ0) is 23.0. The van der Waals surface area contributed by atoms with E-state index >= 15 is 0 Å². The molecule has 6 heteroatoms. The summed E-state index contributed by atoms with van der Waals surface area (Å²) in [4.78, 5) is 40.9. The Morgan fingerprint density at radius 1 is 1.03 bits per heavy atom. The molecule has 2 N–H and O–H groups in total. The lowest BCUT2D eigenvalue weighted by atomic mass is 9.81. The first-order valence-electron chi connectivity index (χ1n) is 11.1. The van der Waals surface area contributed by atoms with Crippen LogP contribution >= 0.6 is 0 Å².